The van der Waals surface area contributed by atoms with Crippen LogP contribution in [-0.2, 0) is 0 Å². The zero-order chi connectivity index (χ0) is 13.8. The Bertz CT molecular complexity index is 464. The summed E-state index contributed by atoms with van der Waals surface area (Å²) in [6.45, 7) is 0.699. The van der Waals surface area contributed by atoms with E-state index in [1.54, 1.807) is 17.0 Å². The SMILES string of the molecule is O=C(c1cccc(O)c1O)N1CCCCCC1CBr. The molecule has 2 rings (SSSR count). The normalized spacial score (nSPS) is 20.1. The second-order valence-corrected chi connectivity index (χ2v) is 5.48. The third-order valence-corrected chi connectivity index (χ3v) is 4.31. The molecule has 0 aromatic heterocycles. The Balaban J connectivity index is 2.28. The Labute approximate surface area is 121 Å². The number of carbonyl (C=O) groups is 1. The van der Waals surface area contributed by atoms with E-state index in [9.17, 15) is 15.0 Å². The number of phenolic OH excluding ortho intramolecular Hbond substituents is 2. The lowest BCUT2D eigenvalue weighted by Gasteiger charge is -2.29. The lowest BCUT2D eigenvalue weighted by Crippen LogP contribution is -2.41. The van der Waals surface area contributed by atoms with Crippen LogP contribution >= 0.6 is 15.9 Å². The number of likely N-dealkylation sites (tertiary alicyclic amines) is 1. The van der Waals surface area contributed by atoms with E-state index in [4.69, 9.17) is 0 Å². The molecule has 1 saturated heterocycles. The summed E-state index contributed by atoms with van der Waals surface area (Å²) in [5.74, 6) is -0.791. The van der Waals surface area contributed by atoms with Crippen LogP contribution in [0.25, 0.3) is 0 Å². The van der Waals surface area contributed by atoms with Crippen molar-refractivity contribution in [3.63, 3.8) is 0 Å². The fourth-order valence-corrected chi connectivity index (χ4v) is 3.14. The maximum absolute atomic E-state index is 12.5. The van der Waals surface area contributed by atoms with E-state index in [0.717, 1.165) is 31.0 Å². The molecule has 2 N–H and O–H groups in total. The molecule has 1 aliphatic rings. The molecule has 0 saturated carbocycles. The quantitative estimate of drug-likeness (QED) is 0.648. The highest BCUT2D eigenvalue weighted by atomic mass is 79.9. The molecule has 1 aromatic rings. The summed E-state index contributed by atoms with van der Waals surface area (Å²) in [5, 5.41) is 20.0. The van der Waals surface area contributed by atoms with Gasteiger partial charge in [-0.05, 0) is 25.0 Å². The molecule has 0 bridgehead atoms. The molecule has 5 heteroatoms. The summed E-state index contributed by atoms with van der Waals surface area (Å²) in [7, 11) is 0. The van der Waals surface area contributed by atoms with Crippen molar-refractivity contribution in [2.45, 2.75) is 31.7 Å². The van der Waals surface area contributed by atoms with Crippen molar-refractivity contribution in [2.75, 3.05) is 11.9 Å². The molecule has 0 aliphatic carbocycles. The number of phenols is 2. The van der Waals surface area contributed by atoms with E-state index >= 15 is 0 Å². The number of halogens is 1. The second kappa shape index (κ2) is 6.28. The molecule has 1 amide bonds. The first-order valence-electron chi connectivity index (χ1n) is 6.53. The number of para-hydroxylation sites is 1. The third kappa shape index (κ3) is 3.03. The molecule has 1 heterocycles. The van der Waals surface area contributed by atoms with E-state index in [-0.39, 0.29) is 29.0 Å². The number of amides is 1. The molecule has 0 spiro atoms. The predicted molar refractivity (Wildman–Crippen MR) is 76.9 cm³/mol. The molecule has 19 heavy (non-hydrogen) atoms. The van der Waals surface area contributed by atoms with Gasteiger partial charge in [-0.15, -0.1) is 0 Å². The van der Waals surface area contributed by atoms with Gasteiger partial charge in [0.25, 0.3) is 5.91 Å². The summed E-state index contributed by atoms with van der Waals surface area (Å²) in [4.78, 5) is 14.3. The number of hydrogen-bond donors (Lipinski definition) is 2. The van der Waals surface area contributed by atoms with Gasteiger partial charge in [-0.3, -0.25) is 4.79 Å². The summed E-state index contributed by atoms with van der Waals surface area (Å²) >= 11 is 3.45. The largest absolute Gasteiger partial charge is 0.504 e. The smallest absolute Gasteiger partial charge is 0.258 e. The van der Waals surface area contributed by atoms with Gasteiger partial charge in [-0.2, -0.15) is 0 Å². The zero-order valence-electron chi connectivity index (χ0n) is 10.7. The summed E-state index contributed by atoms with van der Waals surface area (Å²) in [6, 6.07) is 4.64. The van der Waals surface area contributed by atoms with Crippen molar-refractivity contribution in [1.82, 2.24) is 4.90 Å². The van der Waals surface area contributed by atoms with Crippen molar-refractivity contribution >= 4 is 21.8 Å². The topological polar surface area (TPSA) is 60.8 Å². The standard InChI is InChI=1S/C14H18BrNO3/c15-9-10-5-2-1-3-8-16(10)14(19)11-6-4-7-12(17)13(11)18/h4,6-7,10,17-18H,1-3,5,8-9H2. The Hall–Kier alpha value is -1.23. The lowest BCUT2D eigenvalue weighted by molar-refractivity contribution is 0.0698. The van der Waals surface area contributed by atoms with Crippen molar-refractivity contribution in [3.8, 4) is 11.5 Å². The number of carbonyl (C=O) groups excluding carboxylic acids is 1. The molecule has 1 unspecified atom stereocenters. The summed E-state index contributed by atoms with van der Waals surface area (Å²) < 4.78 is 0. The van der Waals surface area contributed by atoms with Crippen molar-refractivity contribution in [1.29, 1.82) is 0 Å². The van der Waals surface area contributed by atoms with Gasteiger partial charge in [0.1, 0.15) is 0 Å². The van der Waals surface area contributed by atoms with Crippen molar-refractivity contribution < 1.29 is 15.0 Å². The van der Waals surface area contributed by atoms with Gasteiger partial charge in [0.05, 0.1) is 5.56 Å². The molecular formula is C14H18BrNO3. The van der Waals surface area contributed by atoms with E-state index in [1.165, 1.54) is 6.07 Å². The average Bonchev–Trinajstić information content (AvgIpc) is 2.66. The van der Waals surface area contributed by atoms with Crippen molar-refractivity contribution in [3.05, 3.63) is 23.8 Å². The number of hydrogen-bond acceptors (Lipinski definition) is 3. The predicted octanol–water partition coefficient (Wildman–Crippen LogP) is 2.88. The molecular weight excluding hydrogens is 310 g/mol. The Kier molecular flexibility index (Phi) is 4.69. The zero-order valence-corrected chi connectivity index (χ0v) is 12.3. The average molecular weight is 328 g/mol. The van der Waals surface area contributed by atoms with Gasteiger partial charge in [-0.1, -0.05) is 34.8 Å². The summed E-state index contributed by atoms with van der Waals surface area (Å²) in [5.41, 5.74) is 0.174. The lowest BCUT2D eigenvalue weighted by atomic mass is 10.1. The van der Waals surface area contributed by atoms with Gasteiger partial charge in [0, 0.05) is 17.9 Å². The minimum absolute atomic E-state index is 0.150. The fraction of sp³-hybridized carbons (Fsp3) is 0.500. The first-order valence-corrected chi connectivity index (χ1v) is 7.65. The van der Waals surface area contributed by atoms with Gasteiger partial charge in [-0.25, -0.2) is 0 Å². The van der Waals surface area contributed by atoms with Crippen LogP contribution in [0.5, 0.6) is 11.5 Å². The maximum Gasteiger partial charge on any atom is 0.258 e. The number of aromatic hydroxyl groups is 2. The number of benzene rings is 1. The molecule has 1 aromatic carbocycles. The van der Waals surface area contributed by atoms with Crippen LogP contribution in [0.1, 0.15) is 36.0 Å². The number of nitrogens with zero attached hydrogens (tertiary/aromatic N) is 1. The highest BCUT2D eigenvalue weighted by molar-refractivity contribution is 9.09. The molecule has 1 aliphatic heterocycles. The maximum atomic E-state index is 12.5. The van der Waals surface area contributed by atoms with Crippen LogP contribution < -0.4 is 0 Å². The molecule has 0 radical (unpaired) electrons. The van der Waals surface area contributed by atoms with Crippen LogP contribution in [0.15, 0.2) is 18.2 Å². The van der Waals surface area contributed by atoms with Crippen LogP contribution in [0.4, 0.5) is 0 Å². The molecule has 1 atom stereocenters. The Morgan fingerprint density at radius 3 is 2.84 bits per heavy atom. The molecule has 1 fully saturated rings. The van der Waals surface area contributed by atoms with Gasteiger partial charge in [0.15, 0.2) is 11.5 Å². The Morgan fingerprint density at radius 2 is 2.11 bits per heavy atom. The highest BCUT2D eigenvalue weighted by Gasteiger charge is 2.27. The van der Waals surface area contributed by atoms with E-state index in [1.807, 2.05) is 0 Å². The fourth-order valence-electron chi connectivity index (χ4n) is 2.46. The van der Waals surface area contributed by atoms with Crippen LogP contribution in [-0.4, -0.2) is 38.9 Å². The molecule has 104 valence electrons. The van der Waals surface area contributed by atoms with Gasteiger partial charge in [0.2, 0.25) is 0 Å². The summed E-state index contributed by atoms with van der Waals surface area (Å²) in [6.07, 6.45) is 4.19. The number of alkyl halides is 1. The van der Waals surface area contributed by atoms with Crippen molar-refractivity contribution in [2.24, 2.45) is 0 Å². The van der Waals surface area contributed by atoms with Gasteiger partial charge < -0.3 is 15.1 Å². The minimum atomic E-state index is -0.329. The number of rotatable bonds is 2. The van der Waals surface area contributed by atoms with E-state index in [0.29, 0.717) is 6.54 Å². The van der Waals surface area contributed by atoms with E-state index < -0.39 is 0 Å². The van der Waals surface area contributed by atoms with Crippen LogP contribution in [0.2, 0.25) is 0 Å². The van der Waals surface area contributed by atoms with Crippen LogP contribution in [0, 0.1) is 0 Å². The monoisotopic (exact) mass is 327 g/mol. The first-order chi connectivity index (χ1) is 9.15. The highest BCUT2D eigenvalue weighted by Crippen LogP contribution is 2.30. The Morgan fingerprint density at radius 1 is 1.32 bits per heavy atom. The van der Waals surface area contributed by atoms with E-state index in [2.05, 4.69) is 15.9 Å². The minimum Gasteiger partial charge on any atom is -0.504 e. The van der Waals surface area contributed by atoms with Crippen LogP contribution in [0.3, 0.4) is 0 Å². The second-order valence-electron chi connectivity index (χ2n) is 4.83. The third-order valence-electron chi connectivity index (χ3n) is 3.56. The van der Waals surface area contributed by atoms with Gasteiger partial charge >= 0.3 is 0 Å². The molecule has 4 nitrogen and oxygen atoms in total. The first kappa shape index (κ1) is 14.2.